The summed E-state index contributed by atoms with van der Waals surface area (Å²) >= 11 is 0.880. The molecule has 200 valence electrons. The van der Waals surface area contributed by atoms with Crippen LogP contribution in [0.25, 0.3) is 17.3 Å². The van der Waals surface area contributed by atoms with Gasteiger partial charge < -0.3 is 15.5 Å². The molecular weight excluding hydrogens is 514 g/mol. The number of aromatic nitrogens is 3. The number of carbonyl (C=O) groups excluding carboxylic acids is 3. The molecule has 10 nitrogen and oxygen atoms in total. The Morgan fingerprint density at radius 1 is 1.13 bits per heavy atom. The van der Waals surface area contributed by atoms with E-state index in [1.54, 1.807) is 18.3 Å². The number of carbonyl (C=O) groups is 3. The Kier molecular flexibility index (Phi) is 8.28. The van der Waals surface area contributed by atoms with Crippen LogP contribution >= 0.6 is 11.8 Å². The molecule has 0 saturated carbocycles. The standard InChI is InChI=1S/C28H29N7O3S/c1-18(36)31-21-5-2-4-20(14-21)24-7-3-6-23(32-24)17-29-16-19-9-12-35(13-10-19)27-30-11-8-22(33-27)15-25-26(37)34-28(38)39-25/h2-8,11,14-15,19,29H,9-10,12-13,16-17H2,1H3,(H,31,36)(H,34,37,38). The van der Waals surface area contributed by atoms with Gasteiger partial charge >= 0.3 is 0 Å². The summed E-state index contributed by atoms with van der Waals surface area (Å²) in [5.41, 5.74) is 4.14. The van der Waals surface area contributed by atoms with E-state index >= 15 is 0 Å². The van der Waals surface area contributed by atoms with Gasteiger partial charge in [0.1, 0.15) is 0 Å². The van der Waals surface area contributed by atoms with Gasteiger partial charge in [0.25, 0.3) is 11.1 Å². The maximum absolute atomic E-state index is 11.8. The zero-order valence-corrected chi connectivity index (χ0v) is 22.3. The van der Waals surface area contributed by atoms with Crippen molar-refractivity contribution in [2.75, 3.05) is 29.9 Å². The van der Waals surface area contributed by atoms with Crippen molar-refractivity contribution >= 4 is 46.5 Å². The summed E-state index contributed by atoms with van der Waals surface area (Å²) in [5, 5.41) is 8.26. The van der Waals surface area contributed by atoms with Crippen LogP contribution in [0.3, 0.4) is 0 Å². The third-order valence-corrected chi connectivity index (χ3v) is 7.32. The predicted octanol–water partition coefficient (Wildman–Crippen LogP) is 3.83. The number of rotatable bonds is 8. The Morgan fingerprint density at radius 2 is 1.95 bits per heavy atom. The first-order chi connectivity index (χ1) is 18.9. The minimum absolute atomic E-state index is 0.102. The molecule has 3 N–H and O–H groups in total. The van der Waals surface area contributed by atoms with Gasteiger partial charge in [-0.15, -0.1) is 0 Å². The molecule has 5 rings (SSSR count). The number of piperidine rings is 1. The Labute approximate surface area is 230 Å². The summed E-state index contributed by atoms with van der Waals surface area (Å²) < 4.78 is 0. The number of hydrogen-bond acceptors (Lipinski definition) is 9. The summed E-state index contributed by atoms with van der Waals surface area (Å²) in [6.45, 7) is 4.75. The van der Waals surface area contributed by atoms with E-state index in [-0.39, 0.29) is 11.1 Å². The molecule has 0 spiro atoms. The van der Waals surface area contributed by atoms with E-state index in [0.29, 0.717) is 29.0 Å². The van der Waals surface area contributed by atoms with Gasteiger partial charge in [-0.05, 0) is 73.5 Å². The number of amides is 3. The van der Waals surface area contributed by atoms with Crippen LogP contribution < -0.4 is 20.9 Å². The number of nitrogens with zero attached hydrogens (tertiary/aromatic N) is 4. The average Bonchev–Trinajstić information content (AvgIpc) is 3.25. The van der Waals surface area contributed by atoms with Crippen LogP contribution in [-0.4, -0.2) is 51.6 Å². The average molecular weight is 544 g/mol. The summed E-state index contributed by atoms with van der Waals surface area (Å²) in [7, 11) is 0. The van der Waals surface area contributed by atoms with Crippen molar-refractivity contribution in [1.29, 1.82) is 0 Å². The Bertz CT molecular complexity index is 1420. The Morgan fingerprint density at radius 3 is 2.72 bits per heavy atom. The first kappa shape index (κ1) is 26.5. The molecular formula is C28H29N7O3S. The number of nitrogens with one attached hydrogen (secondary N) is 3. The van der Waals surface area contributed by atoms with E-state index in [2.05, 4.69) is 30.8 Å². The molecule has 4 heterocycles. The van der Waals surface area contributed by atoms with E-state index in [4.69, 9.17) is 4.98 Å². The van der Waals surface area contributed by atoms with Crippen LogP contribution in [0.1, 0.15) is 31.2 Å². The Hall–Kier alpha value is -4.09. The fourth-order valence-electron chi connectivity index (χ4n) is 4.59. The van der Waals surface area contributed by atoms with Crippen molar-refractivity contribution < 1.29 is 14.4 Å². The minimum Gasteiger partial charge on any atom is -0.341 e. The molecule has 2 aliphatic rings. The molecule has 0 radical (unpaired) electrons. The van der Waals surface area contributed by atoms with Gasteiger partial charge in [0.15, 0.2) is 0 Å². The molecule has 1 aromatic carbocycles. The third-order valence-electron chi connectivity index (χ3n) is 6.51. The molecule has 11 heteroatoms. The van der Waals surface area contributed by atoms with Crippen molar-refractivity contribution in [1.82, 2.24) is 25.6 Å². The quantitative estimate of drug-likeness (QED) is 0.363. The van der Waals surface area contributed by atoms with Gasteiger partial charge in [0.2, 0.25) is 11.9 Å². The monoisotopic (exact) mass is 543 g/mol. The van der Waals surface area contributed by atoms with E-state index in [1.807, 2.05) is 42.5 Å². The zero-order valence-electron chi connectivity index (χ0n) is 21.5. The topological polar surface area (TPSA) is 129 Å². The number of anilines is 2. The van der Waals surface area contributed by atoms with E-state index < -0.39 is 5.91 Å². The maximum Gasteiger partial charge on any atom is 0.290 e. The second-order valence-electron chi connectivity index (χ2n) is 9.47. The van der Waals surface area contributed by atoms with Gasteiger partial charge in [-0.2, -0.15) is 0 Å². The van der Waals surface area contributed by atoms with Crippen LogP contribution in [0.5, 0.6) is 0 Å². The number of imide groups is 1. The SMILES string of the molecule is CC(=O)Nc1cccc(-c2cccc(CNCC3CCN(c4nccc(C=C5SC(=O)NC5=O)n4)CC3)n2)c1. The van der Waals surface area contributed by atoms with Gasteiger partial charge in [0, 0.05) is 44.0 Å². The smallest absolute Gasteiger partial charge is 0.290 e. The lowest BCUT2D eigenvalue weighted by Crippen LogP contribution is -2.38. The van der Waals surface area contributed by atoms with Crippen molar-refractivity contribution in [3.63, 3.8) is 0 Å². The molecule has 2 saturated heterocycles. The highest BCUT2D eigenvalue weighted by atomic mass is 32.2. The summed E-state index contributed by atoms with van der Waals surface area (Å²) in [6.07, 6.45) is 5.32. The minimum atomic E-state index is -0.392. The molecule has 0 atom stereocenters. The lowest BCUT2D eigenvalue weighted by Gasteiger charge is -2.32. The fourth-order valence-corrected chi connectivity index (χ4v) is 5.26. The van der Waals surface area contributed by atoms with Gasteiger partial charge in [-0.1, -0.05) is 18.2 Å². The maximum atomic E-state index is 11.8. The molecule has 2 aliphatic heterocycles. The van der Waals surface area contributed by atoms with Gasteiger partial charge in [-0.3, -0.25) is 24.7 Å². The summed E-state index contributed by atoms with van der Waals surface area (Å²) in [6, 6.07) is 15.4. The second-order valence-corrected chi connectivity index (χ2v) is 10.5. The lowest BCUT2D eigenvalue weighted by molar-refractivity contribution is -0.115. The molecule has 2 fully saturated rings. The highest BCUT2D eigenvalue weighted by Crippen LogP contribution is 2.26. The number of thioether (sulfide) groups is 1. The van der Waals surface area contributed by atoms with E-state index in [9.17, 15) is 14.4 Å². The number of pyridine rings is 1. The van der Waals surface area contributed by atoms with Crippen LogP contribution in [0, 0.1) is 5.92 Å². The first-order valence-electron chi connectivity index (χ1n) is 12.8. The summed E-state index contributed by atoms with van der Waals surface area (Å²) in [5.74, 6) is 0.676. The molecule has 0 aliphatic carbocycles. The number of benzene rings is 1. The number of hydrogen-bond donors (Lipinski definition) is 3. The van der Waals surface area contributed by atoms with Gasteiger partial charge in [-0.25, -0.2) is 9.97 Å². The molecule has 0 unspecified atom stereocenters. The van der Waals surface area contributed by atoms with E-state index in [1.165, 1.54) is 6.92 Å². The normalized spacial score (nSPS) is 16.9. The largest absolute Gasteiger partial charge is 0.341 e. The molecule has 2 aromatic heterocycles. The summed E-state index contributed by atoms with van der Waals surface area (Å²) in [4.78, 5) is 50.9. The highest BCUT2D eigenvalue weighted by molar-refractivity contribution is 8.18. The zero-order chi connectivity index (χ0) is 27.2. The van der Waals surface area contributed by atoms with Crippen molar-refractivity contribution in [3.8, 4) is 11.3 Å². The Balaban J connectivity index is 1.11. The third kappa shape index (κ3) is 7.06. The molecule has 0 bridgehead atoms. The van der Waals surface area contributed by atoms with Crippen LogP contribution in [0.4, 0.5) is 16.4 Å². The molecule has 39 heavy (non-hydrogen) atoms. The van der Waals surface area contributed by atoms with Crippen molar-refractivity contribution in [2.45, 2.75) is 26.3 Å². The fraction of sp³-hybridized carbons (Fsp3) is 0.286. The van der Waals surface area contributed by atoms with Crippen molar-refractivity contribution in [2.24, 2.45) is 5.92 Å². The van der Waals surface area contributed by atoms with Gasteiger partial charge in [0.05, 0.1) is 22.0 Å². The van der Waals surface area contributed by atoms with E-state index in [0.717, 1.165) is 66.9 Å². The highest BCUT2D eigenvalue weighted by Gasteiger charge is 2.25. The molecule has 3 aromatic rings. The van der Waals surface area contributed by atoms with Crippen molar-refractivity contribution in [3.05, 3.63) is 71.0 Å². The first-order valence-corrected chi connectivity index (χ1v) is 13.6. The van der Waals surface area contributed by atoms with Crippen LogP contribution in [-0.2, 0) is 16.1 Å². The lowest BCUT2D eigenvalue weighted by atomic mass is 9.97. The predicted molar refractivity (Wildman–Crippen MR) is 152 cm³/mol. The molecule has 3 amide bonds. The van der Waals surface area contributed by atoms with Crippen LogP contribution in [0.2, 0.25) is 0 Å². The van der Waals surface area contributed by atoms with Crippen LogP contribution in [0.15, 0.2) is 59.6 Å². The second kappa shape index (κ2) is 12.2.